The van der Waals surface area contributed by atoms with Gasteiger partial charge in [-0.2, -0.15) is 0 Å². The number of carbonyl (C=O) groups is 1. The summed E-state index contributed by atoms with van der Waals surface area (Å²) in [6, 6.07) is 3.35. The van der Waals surface area contributed by atoms with Crippen molar-refractivity contribution >= 4 is 11.6 Å². The predicted molar refractivity (Wildman–Crippen MR) is 67.6 cm³/mol. The first-order valence-corrected chi connectivity index (χ1v) is 5.82. The quantitative estimate of drug-likeness (QED) is 0.792. The standard InChI is InChI=1S/C12H19N3O2/c1-3-9(4-2)14-11(16)8-15-7-5-6-10(13)12(15)17/h5-7,9H,3-4,8,13H2,1-2H3,(H,14,16). The topological polar surface area (TPSA) is 77.1 Å². The van der Waals surface area contributed by atoms with Crippen LogP contribution in [0.5, 0.6) is 0 Å². The van der Waals surface area contributed by atoms with Gasteiger partial charge in [-0.1, -0.05) is 13.8 Å². The molecule has 0 spiro atoms. The molecule has 0 saturated heterocycles. The molecule has 0 atom stereocenters. The van der Waals surface area contributed by atoms with Gasteiger partial charge >= 0.3 is 0 Å². The van der Waals surface area contributed by atoms with Gasteiger partial charge < -0.3 is 15.6 Å². The number of anilines is 1. The number of carbonyl (C=O) groups excluding carboxylic acids is 1. The van der Waals surface area contributed by atoms with Crippen molar-refractivity contribution in [1.82, 2.24) is 9.88 Å². The summed E-state index contributed by atoms with van der Waals surface area (Å²) in [7, 11) is 0. The minimum Gasteiger partial charge on any atom is -0.394 e. The zero-order chi connectivity index (χ0) is 12.8. The number of hydrogen-bond acceptors (Lipinski definition) is 3. The van der Waals surface area contributed by atoms with Crippen molar-refractivity contribution in [3.8, 4) is 0 Å². The molecule has 0 bridgehead atoms. The van der Waals surface area contributed by atoms with Crippen LogP contribution in [0, 0.1) is 0 Å². The second kappa shape index (κ2) is 6.08. The van der Waals surface area contributed by atoms with Gasteiger partial charge in [0.2, 0.25) is 5.91 Å². The molecule has 0 unspecified atom stereocenters. The maximum atomic E-state index is 11.7. The van der Waals surface area contributed by atoms with E-state index in [1.54, 1.807) is 12.3 Å². The lowest BCUT2D eigenvalue weighted by Gasteiger charge is -2.15. The van der Waals surface area contributed by atoms with E-state index in [2.05, 4.69) is 5.32 Å². The first-order chi connectivity index (χ1) is 8.08. The summed E-state index contributed by atoms with van der Waals surface area (Å²) in [6.45, 7) is 4.04. The Balaban J connectivity index is 2.68. The van der Waals surface area contributed by atoms with Crippen LogP contribution < -0.4 is 16.6 Å². The van der Waals surface area contributed by atoms with Gasteiger partial charge in [0.15, 0.2) is 0 Å². The molecule has 0 aromatic carbocycles. The Morgan fingerprint density at radius 1 is 1.47 bits per heavy atom. The Hall–Kier alpha value is -1.78. The van der Waals surface area contributed by atoms with Crippen LogP contribution in [0.25, 0.3) is 0 Å². The van der Waals surface area contributed by atoms with Crippen molar-refractivity contribution in [2.24, 2.45) is 0 Å². The minimum atomic E-state index is -0.327. The van der Waals surface area contributed by atoms with E-state index in [4.69, 9.17) is 5.73 Å². The molecule has 17 heavy (non-hydrogen) atoms. The molecular weight excluding hydrogens is 218 g/mol. The molecule has 0 fully saturated rings. The fourth-order valence-corrected chi connectivity index (χ4v) is 1.60. The van der Waals surface area contributed by atoms with Gasteiger partial charge in [-0.25, -0.2) is 0 Å². The Labute approximate surface area is 101 Å². The van der Waals surface area contributed by atoms with Gasteiger partial charge in [0.05, 0.1) is 5.69 Å². The lowest BCUT2D eigenvalue weighted by Crippen LogP contribution is -2.38. The highest BCUT2D eigenvalue weighted by Crippen LogP contribution is 1.97. The highest BCUT2D eigenvalue weighted by Gasteiger charge is 2.09. The molecule has 5 nitrogen and oxygen atoms in total. The average molecular weight is 237 g/mol. The maximum absolute atomic E-state index is 11.7. The van der Waals surface area contributed by atoms with Crippen LogP contribution in [0.15, 0.2) is 23.1 Å². The van der Waals surface area contributed by atoms with E-state index >= 15 is 0 Å². The normalized spacial score (nSPS) is 10.5. The predicted octanol–water partition coefficient (Wildman–Crippen LogP) is 0.735. The zero-order valence-corrected chi connectivity index (χ0v) is 10.3. The third-order valence-corrected chi connectivity index (χ3v) is 2.71. The molecule has 1 rings (SSSR count). The van der Waals surface area contributed by atoms with E-state index < -0.39 is 0 Å². The van der Waals surface area contributed by atoms with Crippen molar-refractivity contribution in [1.29, 1.82) is 0 Å². The van der Waals surface area contributed by atoms with Crippen molar-refractivity contribution in [3.63, 3.8) is 0 Å². The van der Waals surface area contributed by atoms with Crippen LogP contribution in [0.2, 0.25) is 0 Å². The molecule has 0 saturated carbocycles. The highest BCUT2D eigenvalue weighted by atomic mass is 16.2. The van der Waals surface area contributed by atoms with E-state index in [9.17, 15) is 9.59 Å². The summed E-state index contributed by atoms with van der Waals surface area (Å²) >= 11 is 0. The number of amides is 1. The number of hydrogen-bond donors (Lipinski definition) is 2. The van der Waals surface area contributed by atoms with Crippen molar-refractivity contribution in [2.45, 2.75) is 39.3 Å². The summed E-state index contributed by atoms with van der Waals surface area (Å²) in [4.78, 5) is 23.3. The summed E-state index contributed by atoms with van der Waals surface area (Å²) < 4.78 is 1.31. The summed E-state index contributed by atoms with van der Waals surface area (Å²) in [5, 5.41) is 2.87. The van der Waals surface area contributed by atoms with E-state index in [0.717, 1.165) is 12.8 Å². The van der Waals surface area contributed by atoms with Gasteiger partial charge in [0.1, 0.15) is 6.54 Å². The third kappa shape index (κ3) is 3.62. The number of pyridine rings is 1. The number of nitrogens with two attached hydrogens (primary N) is 1. The summed E-state index contributed by atoms with van der Waals surface area (Å²) in [5.41, 5.74) is 5.31. The molecule has 1 heterocycles. The van der Waals surface area contributed by atoms with E-state index in [1.807, 2.05) is 13.8 Å². The Morgan fingerprint density at radius 2 is 2.12 bits per heavy atom. The third-order valence-electron chi connectivity index (χ3n) is 2.71. The first-order valence-electron chi connectivity index (χ1n) is 5.82. The summed E-state index contributed by atoms with van der Waals surface area (Å²) in [6.07, 6.45) is 3.33. The number of rotatable bonds is 5. The Kier molecular flexibility index (Phi) is 4.75. The van der Waals surface area contributed by atoms with Crippen molar-refractivity contribution < 1.29 is 4.79 Å². The van der Waals surface area contributed by atoms with E-state index in [0.29, 0.717) is 0 Å². The number of nitrogen functional groups attached to an aromatic ring is 1. The molecule has 5 heteroatoms. The van der Waals surface area contributed by atoms with Crippen LogP contribution in [0.3, 0.4) is 0 Å². The highest BCUT2D eigenvalue weighted by molar-refractivity contribution is 5.76. The molecular formula is C12H19N3O2. The van der Waals surface area contributed by atoms with Crippen LogP contribution in [-0.2, 0) is 11.3 Å². The number of nitrogens with zero attached hydrogens (tertiary/aromatic N) is 1. The Morgan fingerprint density at radius 3 is 2.71 bits per heavy atom. The Bertz CT molecular complexity index is 436. The monoisotopic (exact) mass is 237 g/mol. The lowest BCUT2D eigenvalue weighted by molar-refractivity contribution is -0.122. The largest absolute Gasteiger partial charge is 0.394 e. The number of aromatic nitrogens is 1. The smallest absolute Gasteiger partial charge is 0.274 e. The molecule has 3 N–H and O–H groups in total. The second-order valence-electron chi connectivity index (χ2n) is 3.98. The molecule has 0 radical (unpaired) electrons. The van der Waals surface area contributed by atoms with Crippen LogP contribution in [0.4, 0.5) is 5.69 Å². The SMILES string of the molecule is CCC(CC)NC(=O)Cn1cccc(N)c1=O. The van der Waals surface area contributed by atoms with Gasteiger partial charge in [-0.3, -0.25) is 9.59 Å². The molecule has 0 aliphatic rings. The molecule has 1 aromatic rings. The van der Waals surface area contributed by atoms with Crippen LogP contribution in [-0.4, -0.2) is 16.5 Å². The van der Waals surface area contributed by atoms with Gasteiger partial charge in [-0.05, 0) is 25.0 Å². The van der Waals surface area contributed by atoms with Crippen LogP contribution >= 0.6 is 0 Å². The second-order valence-corrected chi connectivity index (χ2v) is 3.98. The fourth-order valence-electron chi connectivity index (χ4n) is 1.60. The van der Waals surface area contributed by atoms with Gasteiger partial charge in [0, 0.05) is 12.2 Å². The molecule has 94 valence electrons. The van der Waals surface area contributed by atoms with Crippen LogP contribution in [0.1, 0.15) is 26.7 Å². The van der Waals surface area contributed by atoms with Gasteiger partial charge in [0.25, 0.3) is 5.56 Å². The zero-order valence-electron chi connectivity index (χ0n) is 10.3. The summed E-state index contributed by atoms with van der Waals surface area (Å²) in [5.74, 6) is -0.161. The van der Waals surface area contributed by atoms with E-state index in [-0.39, 0.29) is 29.7 Å². The lowest BCUT2D eigenvalue weighted by atomic mass is 10.2. The number of nitrogens with one attached hydrogen (secondary N) is 1. The first kappa shape index (κ1) is 13.3. The minimum absolute atomic E-state index is 0.0143. The van der Waals surface area contributed by atoms with Crippen molar-refractivity contribution in [2.75, 3.05) is 5.73 Å². The van der Waals surface area contributed by atoms with Crippen molar-refractivity contribution in [3.05, 3.63) is 28.7 Å². The maximum Gasteiger partial charge on any atom is 0.274 e. The molecule has 1 aromatic heterocycles. The average Bonchev–Trinajstić information content (AvgIpc) is 2.32. The van der Waals surface area contributed by atoms with E-state index in [1.165, 1.54) is 10.6 Å². The molecule has 0 aliphatic carbocycles. The fraction of sp³-hybridized carbons (Fsp3) is 0.500. The molecule has 1 amide bonds. The van der Waals surface area contributed by atoms with Gasteiger partial charge in [-0.15, -0.1) is 0 Å². The molecule has 0 aliphatic heterocycles.